The van der Waals surface area contributed by atoms with Crippen molar-refractivity contribution in [3.8, 4) is 17.4 Å². The maximum Gasteiger partial charge on any atom is 0.279 e. The number of nitrogens with zero attached hydrogens (tertiary/aromatic N) is 3. The lowest BCUT2D eigenvalue weighted by Crippen LogP contribution is -2.20. The van der Waals surface area contributed by atoms with Crippen LogP contribution in [0.3, 0.4) is 0 Å². The average Bonchev–Trinajstić information content (AvgIpc) is 3.35. The fraction of sp³-hybridized carbons (Fsp3) is 0.429. The number of benzene rings is 1. The molecule has 0 unspecified atom stereocenters. The van der Waals surface area contributed by atoms with Crippen LogP contribution in [-0.2, 0) is 11.8 Å². The fourth-order valence-electron chi connectivity index (χ4n) is 3.35. The molecule has 1 saturated heterocycles. The van der Waals surface area contributed by atoms with Crippen LogP contribution in [0.25, 0.3) is 5.52 Å². The molecule has 1 fully saturated rings. The highest BCUT2D eigenvalue weighted by Crippen LogP contribution is 2.25. The number of aromatic nitrogens is 3. The van der Waals surface area contributed by atoms with Crippen LogP contribution < -0.4 is 15.0 Å². The maximum atomic E-state index is 12.6. The number of hydrogen-bond donors (Lipinski definition) is 0. The van der Waals surface area contributed by atoms with Gasteiger partial charge in [0.15, 0.2) is 0 Å². The Bertz CT molecular complexity index is 1010. The van der Waals surface area contributed by atoms with E-state index in [4.69, 9.17) is 14.2 Å². The predicted octanol–water partition coefficient (Wildman–Crippen LogP) is 3.51. The molecule has 0 bridgehead atoms. The first-order valence-electron chi connectivity index (χ1n) is 9.62. The van der Waals surface area contributed by atoms with Crippen LogP contribution in [0.1, 0.15) is 38.4 Å². The summed E-state index contributed by atoms with van der Waals surface area (Å²) in [5, 5.41) is 0. The van der Waals surface area contributed by atoms with Gasteiger partial charge in [-0.25, -0.2) is 4.98 Å². The van der Waals surface area contributed by atoms with Gasteiger partial charge in [-0.2, -0.15) is 0 Å². The number of hydrogen-bond acceptors (Lipinski definition) is 5. The van der Waals surface area contributed by atoms with Crippen molar-refractivity contribution in [2.75, 3.05) is 13.2 Å². The van der Waals surface area contributed by atoms with E-state index in [0.29, 0.717) is 23.8 Å². The Balaban J connectivity index is 1.53. The van der Waals surface area contributed by atoms with E-state index < -0.39 is 0 Å². The van der Waals surface area contributed by atoms with Crippen molar-refractivity contribution < 1.29 is 14.2 Å². The van der Waals surface area contributed by atoms with E-state index in [-0.39, 0.29) is 17.6 Å². The van der Waals surface area contributed by atoms with Crippen LogP contribution in [-0.4, -0.2) is 33.3 Å². The summed E-state index contributed by atoms with van der Waals surface area (Å²) >= 11 is 0. The lowest BCUT2D eigenvalue weighted by atomic mass is 10.2. The maximum absolute atomic E-state index is 12.6. The fourth-order valence-corrected chi connectivity index (χ4v) is 3.35. The van der Waals surface area contributed by atoms with E-state index in [1.165, 1.54) is 4.57 Å². The van der Waals surface area contributed by atoms with Crippen molar-refractivity contribution in [2.24, 2.45) is 7.05 Å². The molecule has 3 aromatic rings. The van der Waals surface area contributed by atoms with Crippen LogP contribution in [0.2, 0.25) is 0 Å². The molecule has 7 nitrogen and oxygen atoms in total. The molecule has 0 spiro atoms. The van der Waals surface area contributed by atoms with Gasteiger partial charge in [0.05, 0.1) is 18.5 Å². The van der Waals surface area contributed by atoms with E-state index in [1.54, 1.807) is 23.8 Å². The minimum Gasteiger partial charge on any atom is -0.491 e. The molecule has 2 aromatic heterocycles. The van der Waals surface area contributed by atoms with Crippen molar-refractivity contribution in [2.45, 2.75) is 38.7 Å². The number of imidazole rings is 1. The van der Waals surface area contributed by atoms with Crippen LogP contribution in [0.4, 0.5) is 0 Å². The molecule has 3 heterocycles. The summed E-state index contributed by atoms with van der Waals surface area (Å²) in [7, 11) is 1.69. The van der Waals surface area contributed by atoms with Crippen LogP contribution in [0, 0.1) is 0 Å². The zero-order chi connectivity index (χ0) is 19.7. The highest BCUT2D eigenvalue weighted by molar-refractivity contribution is 5.46. The highest BCUT2D eigenvalue weighted by atomic mass is 16.5. The minimum absolute atomic E-state index is 0.145. The van der Waals surface area contributed by atoms with Crippen LogP contribution in [0.15, 0.2) is 41.5 Å². The first-order chi connectivity index (χ1) is 13.5. The van der Waals surface area contributed by atoms with E-state index >= 15 is 0 Å². The second kappa shape index (κ2) is 7.67. The van der Waals surface area contributed by atoms with Crippen molar-refractivity contribution >= 4 is 5.52 Å². The van der Waals surface area contributed by atoms with Gasteiger partial charge in [0.2, 0.25) is 5.88 Å². The first-order valence-corrected chi connectivity index (χ1v) is 9.62. The molecule has 1 aliphatic heterocycles. The molecule has 148 valence electrons. The SMILES string of the molecule is CC(C)c1ncc2c(=O)n(C)c(Oc3ccc(OC[C@@H]4CCCO4)cc3)cn12. The minimum atomic E-state index is -0.145. The van der Waals surface area contributed by atoms with Crippen molar-refractivity contribution in [3.05, 3.63) is 52.8 Å². The Morgan fingerprint density at radius 1 is 1.25 bits per heavy atom. The number of ether oxygens (including phenoxy) is 3. The normalized spacial score (nSPS) is 16.8. The lowest BCUT2D eigenvalue weighted by Gasteiger charge is -2.14. The molecule has 4 rings (SSSR count). The van der Waals surface area contributed by atoms with E-state index in [0.717, 1.165) is 31.0 Å². The zero-order valence-corrected chi connectivity index (χ0v) is 16.4. The summed E-state index contributed by atoms with van der Waals surface area (Å²) in [6, 6.07) is 7.38. The Kier molecular flexibility index (Phi) is 5.09. The molecule has 0 amide bonds. The van der Waals surface area contributed by atoms with Gasteiger partial charge in [-0.1, -0.05) is 13.8 Å². The molecule has 1 atom stereocenters. The Labute approximate surface area is 163 Å². The van der Waals surface area contributed by atoms with Crippen LogP contribution >= 0.6 is 0 Å². The standard InChI is InChI=1S/C21H25N3O4/c1-14(2)20-22-11-18-21(25)23(3)19(12-24(18)20)28-16-8-6-15(7-9-16)27-13-17-5-4-10-26-17/h6-9,11-12,14,17H,4-5,10,13H2,1-3H3/t17-/m0/s1. The summed E-state index contributed by atoms with van der Waals surface area (Å²) in [6.07, 6.45) is 5.74. The molecular formula is C21H25N3O4. The van der Waals surface area contributed by atoms with E-state index in [9.17, 15) is 4.79 Å². The third-order valence-electron chi connectivity index (χ3n) is 4.94. The zero-order valence-electron chi connectivity index (χ0n) is 16.4. The average molecular weight is 383 g/mol. The van der Waals surface area contributed by atoms with Gasteiger partial charge in [-0.3, -0.25) is 13.8 Å². The molecule has 1 aliphatic rings. The Hall–Kier alpha value is -2.80. The lowest BCUT2D eigenvalue weighted by molar-refractivity contribution is 0.0679. The molecule has 0 N–H and O–H groups in total. The number of rotatable bonds is 6. The van der Waals surface area contributed by atoms with Gasteiger partial charge in [-0.05, 0) is 37.1 Å². The summed E-state index contributed by atoms with van der Waals surface area (Å²) in [4.78, 5) is 17.0. The smallest absolute Gasteiger partial charge is 0.279 e. The third kappa shape index (κ3) is 3.62. The largest absolute Gasteiger partial charge is 0.491 e. The summed E-state index contributed by atoms with van der Waals surface area (Å²) in [6.45, 7) is 5.47. The molecule has 7 heteroatoms. The second-order valence-electron chi connectivity index (χ2n) is 7.38. The van der Waals surface area contributed by atoms with Gasteiger partial charge in [-0.15, -0.1) is 0 Å². The van der Waals surface area contributed by atoms with Crippen molar-refractivity contribution in [1.82, 2.24) is 14.0 Å². The van der Waals surface area contributed by atoms with E-state index in [2.05, 4.69) is 4.98 Å². The van der Waals surface area contributed by atoms with Gasteiger partial charge in [0.25, 0.3) is 5.56 Å². The topological polar surface area (TPSA) is 67.0 Å². The van der Waals surface area contributed by atoms with Gasteiger partial charge in [0, 0.05) is 19.6 Å². The van der Waals surface area contributed by atoms with Crippen molar-refractivity contribution in [3.63, 3.8) is 0 Å². The molecular weight excluding hydrogens is 358 g/mol. The van der Waals surface area contributed by atoms with E-state index in [1.807, 2.05) is 38.1 Å². The summed E-state index contributed by atoms with van der Waals surface area (Å²) in [5.41, 5.74) is 0.393. The quantitative estimate of drug-likeness (QED) is 0.652. The second-order valence-corrected chi connectivity index (χ2v) is 7.38. The molecule has 0 saturated carbocycles. The highest BCUT2D eigenvalue weighted by Gasteiger charge is 2.16. The molecule has 28 heavy (non-hydrogen) atoms. The van der Waals surface area contributed by atoms with Gasteiger partial charge < -0.3 is 14.2 Å². The summed E-state index contributed by atoms with van der Waals surface area (Å²) in [5.74, 6) is 2.87. The van der Waals surface area contributed by atoms with Gasteiger partial charge >= 0.3 is 0 Å². The van der Waals surface area contributed by atoms with Crippen LogP contribution in [0.5, 0.6) is 17.4 Å². The third-order valence-corrected chi connectivity index (χ3v) is 4.94. The summed E-state index contributed by atoms with van der Waals surface area (Å²) < 4.78 is 20.6. The monoisotopic (exact) mass is 383 g/mol. The first kappa shape index (κ1) is 18.6. The molecule has 0 aliphatic carbocycles. The predicted molar refractivity (Wildman–Crippen MR) is 106 cm³/mol. The van der Waals surface area contributed by atoms with Crippen molar-refractivity contribution in [1.29, 1.82) is 0 Å². The Morgan fingerprint density at radius 3 is 2.68 bits per heavy atom. The molecule has 0 radical (unpaired) electrons. The molecule has 1 aromatic carbocycles. The number of fused-ring (bicyclic) bond motifs is 1. The Morgan fingerprint density at radius 2 is 2.00 bits per heavy atom. The van der Waals surface area contributed by atoms with Gasteiger partial charge in [0.1, 0.15) is 29.4 Å².